The van der Waals surface area contributed by atoms with Crippen LogP contribution in [-0.2, 0) is 9.84 Å². The molecule has 1 amide bonds. The molecule has 1 N–H and O–H groups in total. The lowest BCUT2D eigenvalue weighted by atomic mass is 10.3. The number of benzene rings is 1. The van der Waals surface area contributed by atoms with Crippen LogP contribution in [0.25, 0.3) is 0 Å². The molecule has 0 saturated carbocycles. The molecular formula is C14H15NO4S2. The zero-order valence-corrected chi connectivity index (χ0v) is 13.0. The molecule has 0 aliphatic rings. The molecule has 2 aromatic rings. The normalized spacial score (nSPS) is 11.1. The molecule has 5 nitrogen and oxygen atoms in total. The van der Waals surface area contributed by atoms with Gasteiger partial charge >= 0.3 is 0 Å². The lowest BCUT2D eigenvalue weighted by Crippen LogP contribution is -2.12. The molecule has 0 fully saturated rings. The molecule has 0 atom stereocenters. The van der Waals surface area contributed by atoms with E-state index in [1.807, 2.05) is 11.4 Å². The van der Waals surface area contributed by atoms with E-state index in [9.17, 15) is 13.2 Å². The largest absolute Gasteiger partial charge is 0.493 e. The third kappa shape index (κ3) is 5.20. The van der Waals surface area contributed by atoms with Crippen molar-refractivity contribution in [1.82, 2.24) is 0 Å². The van der Waals surface area contributed by atoms with E-state index in [4.69, 9.17) is 4.74 Å². The Labute approximate surface area is 127 Å². The lowest BCUT2D eigenvalue weighted by Gasteiger charge is -2.07. The SMILES string of the molecule is CS(=O)(=O)CCOc1ccc(NC(=O)c2cccs2)cc1. The van der Waals surface area contributed by atoms with E-state index >= 15 is 0 Å². The number of thiophene rings is 1. The third-order valence-corrected chi connectivity index (χ3v) is 4.36. The molecule has 112 valence electrons. The van der Waals surface area contributed by atoms with Crippen molar-refractivity contribution in [2.75, 3.05) is 23.9 Å². The highest BCUT2D eigenvalue weighted by atomic mass is 32.2. The molecule has 0 radical (unpaired) electrons. The van der Waals surface area contributed by atoms with Crippen LogP contribution in [0.1, 0.15) is 9.67 Å². The summed E-state index contributed by atoms with van der Waals surface area (Å²) in [6.45, 7) is 0.111. The lowest BCUT2D eigenvalue weighted by molar-refractivity contribution is 0.103. The number of carbonyl (C=O) groups excluding carboxylic acids is 1. The van der Waals surface area contributed by atoms with Crippen molar-refractivity contribution in [1.29, 1.82) is 0 Å². The molecule has 0 spiro atoms. The van der Waals surface area contributed by atoms with Gasteiger partial charge in [-0.3, -0.25) is 4.79 Å². The van der Waals surface area contributed by atoms with Gasteiger partial charge in [0.1, 0.15) is 12.4 Å². The van der Waals surface area contributed by atoms with Crippen LogP contribution >= 0.6 is 11.3 Å². The predicted molar refractivity (Wildman–Crippen MR) is 83.9 cm³/mol. The molecule has 1 aromatic carbocycles. The molecule has 21 heavy (non-hydrogen) atoms. The molecule has 7 heteroatoms. The van der Waals surface area contributed by atoms with E-state index in [2.05, 4.69) is 5.32 Å². The van der Waals surface area contributed by atoms with E-state index in [0.717, 1.165) is 0 Å². The van der Waals surface area contributed by atoms with Gasteiger partial charge in [0.2, 0.25) is 0 Å². The van der Waals surface area contributed by atoms with Crippen molar-refractivity contribution in [3.8, 4) is 5.75 Å². The standard InChI is InChI=1S/C14H15NO4S2/c1-21(17,18)10-8-19-12-6-4-11(5-7-12)15-14(16)13-3-2-9-20-13/h2-7,9H,8,10H2,1H3,(H,15,16). The summed E-state index contributed by atoms with van der Waals surface area (Å²) >= 11 is 1.37. The number of ether oxygens (including phenoxy) is 1. The highest BCUT2D eigenvalue weighted by Gasteiger charge is 2.07. The minimum absolute atomic E-state index is 0.0239. The second kappa shape index (κ2) is 6.73. The Balaban J connectivity index is 1.88. The topological polar surface area (TPSA) is 72.5 Å². The van der Waals surface area contributed by atoms with Crippen molar-refractivity contribution < 1.29 is 17.9 Å². The Morgan fingerprint density at radius 1 is 1.24 bits per heavy atom. The molecule has 0 unspecified atom stereocenters. The maximum atomic E-state index is 11.8. The first-order valence-electron chi connectivity index (χ1n) is 6.19. The first kappa shape index (κ1) is 15.5. The molecule has 0 aliphatic carbocycles. The number of amides is 1. The second-order valence-electron chi connectivity index (χ2n) is 4.43. The summed E-state index contributed by atoms with van der Waals surface area (Å²) < 4.78 is 27.3. The van der Waals surface area contributed by atoms with Crippen LogP contribution in [0, 0.1) is 0 Å². The van der Waals surface area contributed by atoms with E-state index in [1.165, 1.54) is 17.6 Å². The summed E-state index contributed by atoms with van der Waals surface area (Å²) in [5.41, 5.74) is 0.656. The number of hydrogen-bond acceptors (Lipinski definition) is 5. The van der Waals surface area contributed by atoms with Crippen LogP contribution in [0.15, 0.2) is 41.8 Å². The van der Waals surface area contributed by atoms with E-state index in [1.54, 1.807) is 30.3 Å². The van der Waals surface area contributed by atoms with Crippen LogP contribution < -0.4 is 10.1 Å². The quantitative estimate of drug-likeness (QED) is 0.885. The number of anilines is 1. The number of carbonyl (C=O) groups is 1. The van der Waals surface area contributed by atoms with Crippen molar-refractivity contribution in [2.45, 2.75) is 0 Å². The Morgan fingerprint density at radius 3 is 2.52 bits per heavy atom. The van der Waals surface area contributed by atoms with Gasteiger partial charge in [-0.05, 0) is 35.7 Å². The van der Waals surface area contributed by atoms with Crippen LogP contribution in [0.5, 0.6) is 5.75 Å². The van der Waals surface area contributed by atoms with Gasteiger partial charge < -0.3 is 10.1 Å². The Hall–Kier alpha value is -1.86. The molecule has 0 bridgehead atoms. The fourth-order valence-corrected chi connectivity index (χ4v) is 2.55. The van der Waals surface area contributed by atoms with Crippen molar-refractivity contribution in [2.24, 2.45) is 0 Å². The van der Waals surface area contributed by atoms with Crippen LogP contribution in [0.3, 0.4) is 0 Å². The summed E-state index contributed by atoms with van der Waals surface area (Å²) in [5, 5.41) is 4.61. The van der Waals surface area contributed by atoms with Gasteiger partial charge in [-0.2, -0.15) is 0 Å². The summed E-state index contributed by atoms with van der Waals surface area (Å²) in [6.07, 6.45) is 1.17. The minimum Gasteiger partial charge on any atom is -0.493 e. The van der Waals surface area contributed by atoms with Gasteiger partial charge in [0.05, 0.1) is 10.6 Å². The van der Waals surface area contributed by atoms with Crippen LogP contribution in [0.2, 0.25) is 0 Å². The average molecular weight is 325 g/mol. The van der Waals surface area contributed by atoms with Gasteiger partial charge in [-0.1, -0.05) is 6.07 Å². The van der Waals surface area contributed by atoms with E-state index in [0.29, 0.717) is 16.3 Å². The average Bonchev–Trinajstić information content (AvgIpc) is 2.93. The third-order valence-electron chi connectivity index (χ3n) is 2.58. The molecule has 0 saturated heterocycles. The zero-order valence-electron chi connectivity index (χ0n) is 11.4. The first-order chi connectivity index (χ1) is 9.94. The predicted octanol–water partition coefficient (Wildman–Crippen LogP) is 2.42. The Morgan fingerprint density at radius 2 is 1.95 bits per heavy atom. The number of nitrogens with one attached hydrogen (secondary N) is 1. The minimum atomic E-state index is -3.02. The van der Waals surface area contributed by atoms with Crippen molar-refractivity contribution >= 4 is 32.8 Å². The highest BCUT2D eigenvalue weighted by molar-refractivity contribution is 7.90. The first-order valence-corrected chi connectivity index (χ1v) is 9.13. The Kier molecular flexibility index (Phi) is 4.98. The number of hydrogen-bond donors (Lipinski definition) is 1. The number of sulfone groups is 1. The summed E-state index contributed by atoms with van der Waals surface area (Å²) in [6, 6.07) is 10.4. The van der Waals surface area contributed by atoms with Crippen LogP contribution in [-0.4, -0.2) is 32.9 Å². The highest BCUT2D eigenvalue weighted by Crippen LogP contribution is 2.17. The van der Waals surface area contributed by atoms with Gasteiger partial charge in [-0.25, -0.2) is 8.42 Å². The molecule has 1 aromatic heterocycles. The monoisotopic (exact) mass is 325 g/mol. The van der Waals surface area contributed by atoms with Gasteiger partial charge in [0.15, 0.2) is 9.84 Å². The van der Waals surface area contributed by atoms with E-state index in [-0.39, 0.29) is 18.3 Å². The summed E-state index contributed by atoms with van der Waals surface area (Å²) in [5.74, 6) is 0.382. The zero-order chi connectivity index (χ0) is 15.3. The smallest absolute Gasteiger partial charge is 0.265 e. The van der Waals surface area contributed by atoms with Gasteiger partial charge in [0, 0.05) is 11.9 Å². The maximum absolute atomic E-state index is 11.8. The van der Waals surface area contributed by atoms with Gasteiger partial charge in [-0.15, -0.1) is 11.3 Å². The Bertz CT molecular complexity index is 691. The second-order valence-corrected chi connectivity index (χ2v) is 7.64. The van der Waals surface area contributed by atoms with Crippen molar-refractivity contribution in [3.63, 3.8) is 0 Å². The molecule has 2 rings (SSSR count). The maximum Gasteiger partial charge on any atom is 0.265 e. The van der Waals surface area contributed by atoms with Crippen LogP contribution in [0.4, 0.5) is 5.69 Å². The van der Waals surface area contributed by atoms with Gasteiger partial charge in [0.25, 0.3) is 5.91 Å². The van der Waals surface area contributed by atoms with E-state index < -0.39 is 9.84 Å². The summed E-state index contributed by atoms with van der Waals surface area (Å²) in [4.78, 5) is 12.5. The molecule has 0 aliphatic heterocycles. The fraction of sp³-hybridized carbons (Fsp3) is 0.214. The van der Waals surface area contributed by atoms with Crippen molar-refractivity contribution in [3.05, 3.63) is 46.7 Å². The number of rotatable bonds is 6. The molecule has 1 heterocycles. The fourth-order valence-electron chi connectivity index (χ4n) is 1.55. The summed E-state index contributed by atoms with van der Waals surface area (Å²) in [7, 11) is -3.02. The molecular weight excluding hydrogens is 310 g/mol.